The summed E-state index contributed by atoms with van der Waals surface area (Å²) in [5.41, 5.74) is 1.69. The molecular weight excluding hydrogens is 286 g/mol. The Hall–Kier alpha value is -2.33. The highest BCUT2D eigenvalue weighted by molar-refractivity contribution is 6.31. The Morgan fingerprint density at radius 2 is 1.86 bits per heavy atom. The molecule has 3 aromatic rings. The summed E-state index contributed by atoms with van der Waals surface area (Å²) in [5, 5.41) is 1.13. The third-order valence-electron chi connectivity index (χ3n) is 3.75. The molecule has 0 saturated carbocycles. The molecule has 0 fully saturated rings. The quantitative estimate of drug-likeness (QED) is 0.692. The van der Waals surface area contributed by atoms with E-state index in [0.717, 1.165) is 12.2 Å². The van der Waals surface area contributed by atoms with Crippen molar-refractivity contribution >= 4 is 34.1 Å². The molecule has 0 N–H and O–H groups in total. The number of benzene rings is 2. The zero-order chi connectivity index (χ0) is 14.4. The van der Waals surface area contributed by atoms with Gasteiger partial charge in [0.15, 0.2) is 0 Å². The van der Waals surface area contributed by atoms with E-state index in [2.05, 4.69) is 9.88 Å². The fraction of sp³-hybridized carbons (Fsp3) is 0.125. The van der Waals surface area contributed by atoms with Crippen molar-refractivity contribution in [3.63, 3.8) is 0 Å². The van der Waals surface area contributed by atoms with Gasteiger partial charge < -0.3 is 4.90 Å². The molecule has 5 heteroatoms. The normalized spacial score (nSPS) is 13.7. The van der Waals surface area contributed by atoms with E-state index >= 15 is 0 Å². The lowest BCUT2D eigenvalue weighted by atomic mass is 10.2. The maximum absolute atomic E-state index is 12.6. The minimum atomic E-state index is -0.0315. The Kier molecular flexibility index (Phi) is 2.72. The Morgan fingerprint density at radius 1 is 1.05 bits per heavy atom. The molecule has 0 bridgehead atoms. The number of nitrogens with zero attached hydrogens (tertiary/aromatic N) is 3. The third kappa shape index (κ3) is 1.91. The Bertz CT molecular complexity index is 889. The van der Waals surface area contributed by atoms with Gasteiger partial charge in [-0.1, -0.05) is 29.8 Å². The summed E-state index contributed by atoms with van der Waals surface area (Å²) in [4.78, 5) is 19.3. The van der Waals surface area contributed by atoms with Gasteiger partial charge in [-0.3, -0.25) is 9.36 Å². The van der Waals surface area contributed by atoms with Crippen LogP contribution in [0, 0.1) is 0 Å². The largest absolute Gasteiger partial charge is 0.310 e. The van der Waals surface area contributed by atoms with Crippen molar-refractivity contribution in [1.29, 1.82) is 0 Å². The second-order valence-corrected chi connectivity index (χ2v) is 5.45. The van der Waals surface area contributed by atoms with E-state index in [1.807, 2.05) is 30.3 Å². The maximum atomic E-state index is 12.6. The summed E-state index contributed by atoms with van der Waals surface area (Å²) < 4.78 is 1.71. The summed E-state index contributed by atoms with van der Waals surface area (Å²) in [6.45, 7) is 1.38. The van der Waals surface area contributed by atoms with Gasteiger partial charge in [0.2, 0.25) is 5.95 Å². The number of halogens is 1. The zero-order valence-electron chi connectivity index (χ0n) is 11.2. The smallest absolute Gasteiger partial charge is 0.262 e. The van der Waals surface area contributed by atoms with Gasteiger partial charge in [0.05, 0.1) is 10.9 Å². The Morgan fingerprint density at radius 3 is 2.67 bits per heavy atom. The average Bonchev–Trinajstić information content (AvgIpc) is 2.93. The topological polar surface area (TPSA) is 38.1 Å². The van der Waals surface area contributed by atoms with E-state index in [9.17, 15) is 4.79 Å². The van der Waals surface area contributed by atoms with Gasteiger partial charge >= 0.3 is 0 Å². The van der Waals surface area contributed by atoms with Crippen molar-refractivity contribution in [3.8, 4) is 0 Å². The maximum Gasteiger partial charge on any atom is 0.262 e. The van der Waals surface area contributed by atoms with E-state index in [4.69, 9.17) is 11.6 Å². The molecule has 4 nitrogen and oxygen atoms in total. The molecule has 2 aromatic carbocycles. The van der Waals surface area contributed by atoms with E-state index in [0.29, 0.717) is 28.4 Å². The highest BCUT2D eigenvalue weighted by Crippen LogP contribution is 2.28. The first-order valence-corrected chi connectivity index (χ1v) is 7.14. The number of anilines is 2. The van der Waals surface area contributed by atoms with Gasteiger partial charge in [0.1, 0.15) is 0 Å². The van der Waals surface area contributed by atoms with Crippen LogP contribution in [0.1, 0.15) is 0 Å². The van der Waals surface area contributed by atoms with E-state index in [-0.39, 0.29) is 5.56 Å². The zero-order valence-corrected chi connectivity index (χ0v) is 11.9. The van der Waals surface area contributed by atoms with Crippen LogP contribution in [0.25, 0.3) is 10.9 Å². The summed E-state index contributed by atoms with van der Waals surface area (Å²) in [6, 6.07) is 15.2. The fourth-order valence-electron chi connectivity index (χ4n) is 2.74. The van der Waals surface area contributed by atoms with E-state index < -0.39 is 0 Å². The predicted molar refractivity (Wildman–Crippen MR) is 84.5 cm³/mol. The number of hydrogen-bond donors (Lipinski definition) is 0. The first-order valence-electron chi connectivity index (χ1n) is 6.77. The van der Waals surface area contributed by atoms with Gasteiger partial charge in [-0.15, -0.1) is 0 Å². The average molecular weight is 298 g/mol. The Labute approximate surface area is 126 Å². The molecule has 4 rings (SSSR count). The molecule has 0 saturated heterocycles. The van der Waals surface area contributed by atoms with Gasteiger partial charge in [-0.05, 0) is 30.3 Å². The summed E-state index contributed by atoms with van der Waals surface area (Å²) in [6.07, 6.45) is 0. The first kappa shape index (κ1) is 12.4. The van der Waals surface area contributed by atoms with Gasteiger partial charge in [0.25, 0.3) is 5.56 Å². The lowest BCUT2D eigenvalue weighted by molar-refractivity contribution is 0.767. The lowest BCUT2D eigenvalue weighted by Crippen LogP contribution is -2.20. The van der Waals surface area contributed by atoms with Crippen LogP contribution in [0.3, 0.4) is 0 Å². The number of para-hydroxylation sites is 1. The molecule has 104 valence electrons. The molecule has 1 aliphatic heterocycles. The van der Waals surface area contributed by atoms with E-state index in [1.165, 1.54) is 0 Å². The fourth-order valence-corrected chi connectivity index (χ4v) is 2.91. The second kappa shape index (κ2) is 4.60. The summed E-state index contributed by atoms with van der Waals surface area (Å²) >= 11 is 5.98. The summed E-state index contributed by atoms with van der Waals surface area (Å²) in [7, 11) is 0. The van der Waals surface area contributed by atoms with E-state index in [1.54, 1.807) is 22.8 Å². The van der Waals surface area contributed by atoms with Crippen LogP contribution < -0.4 is 10.5 Å². The van der Waals surface area contributed by atoms with Crippen LogP contribution in [-0.4, -0.2) is 16.1 Å². The van der Waals surface area contributed by atoms with Crippen molar-refractivity contribution < 1.29 is 0 Å². The van der Waals surface area contributed by atoms with Crippen molar-refractivity contribution in [3.05, 3.63) is 63.9 Å². The molecule has 0 amide bonds. The molecule has 1 aromatic heterocycles. The standard InChI is InChI=1S/C16H12ClN3O/c17-11-6-7-14-13(10-11)15(21)20-9-8-19(16(20)18-14)12-4-2-1-3-5-12/h1-7,10H,8-9H2. The minimum Gasteiger partial charge on any atom is -0.310 e. The van der Waals surface area contributed by atoms with Crippen molar-refractivity contribution in [2.45, 2.75) is 6.54 Å². The van der Waals surface area contributed by atoms with Crippen LogP contribution in [0.15, 0.2) is 53.3 Å². The molecular formula is C16H12ClN3O. The minimum absolute atomic E-state index is 0.0315. The summed E-state index contributed by atoms with van der Waals surface area (Å²) in [5.74, 6) is 0.695. The number of aromatic nitrogens is 2. The molecule has 0 radical (unpaired) electrons. The number of fused-ring (bicyclic) bond motifs is 2. The van der Waals surface area contributed by atoms with Crippen LogP contribution >= 0.6 is 11.6 Å². The number of hydrogen-bond acceptors (Lipinski definition) is 3. The van der Waals surface area contributed by atoms with Crippen LogP contribution in [0.2, 0.25) is 5.02 Å². The molecule has 1 aliphatic rings. The van der Waals surface area contributed by atoms with Crippen molar-refractivity contribution in [2.24, 2.45) is 0 Å². The molecule has 21 heavy (non-hydrogen) atoms. The molecule has 2 heterocycles. The van der Waals surface area contributed by atoms with Gasteiger partial charge in [-0.25, -0.2) is 4.98 Å². The molecule has 0 spiro atoms. The second-order valence-electron chi connectivity index (χ2n) is 5.02. The highest BCUT2D eigenvalue weighted by Gasteiger charge is 2.24. The monoisotopic (exact) mass is 297 g/mol. The highest BCUT2D eigenvalue weighted by atomic mass is 35.5. The SMILES string of the molecule is O=c1c2cc(Cl)ccc2nc2n1CCN2c1ccccc1. The predicted octanol–water partition coefficient (Wildman–Crippen LogP) is 3.20. The van der Waals surface area contributed by atoms with Crippen molar-refractivity contribution in [1.82, 2.24) is 9.55 Å². The van der Waals surface area contributed by atoms with Gasteiger partial charge in [0, 0.05) is 23.8 Å². The lowest BCUT2D eigenvalue weighted by Gasteiger charge is -2.17. The first-order chi connectivity index (χ1) is 10.2. The van der Waals surface area contributed by atoms with Crippen molar-refractivity contribution in [2.75, 3.05) is 11.4 Å². The van der Waals surface area contributed by atoms with Crippen LogP contribution in [0.4, 0.5) is 11.6 Å². The number of rotatable bonds is 1. The van der Waals surface area contributed by atoms with Crippen LogP contribution in [0.5, 0.6) is 0 Å². The molecule has 0 unspecified atom stereocenters. The van der Waals surface area contributed by atoms with Gasteiger partial charge in [-0.2, -0.15) is 0 Å². The molecule has 0 aliphatic carbocycles. The molecule has 0 atom stereocenters. The van der Waals surface area contributed by atoms with Crippen LogP contribution in [-0.2, 0) is 6.54 Å². The third-order valence-corrected chi connectivity index (χ3v) is 3.99. The Balaban J connectivity index is 1.96.